The van der Waals surface area contributed by atoms with Crippen molar-refractivity contribution in [1.82, 2.24) is 4.90 Å². The summed E-state index contributed by atoms with van der Waals surface area (Å²) in [5, 5.41) is 0. The molecule has 2 heterocycles. The lowest BCUT2D eigenvalue weighted by Gasteiger charge is -2.63. The number of esters is 1. The number of carbonyl (C=O) groups is 1. The van der Waals surface area contributed by atoms with Crippen molar-refractivity contribution in [1.29, 1.82) is 0 Å². The van der Waals surface area contributed by atoms with Crippen molar-refractivity contribution >= 4 is 16.1 Å². The lowest BCUT2D eigenvalue weighted by molar-refractivity contribution is -0.149. The third kappa shape index (κ3) is 2.46. The van der Waals surface area contributed by atoms with Crippen molar-refractivity contribution in [2.75, 3.05) is 33.1 Å². The van der Waals surface area contributed by atoms with Crippen molar-refractivity contribution in [3.63, 3.8) is 0 Å². The number of rotatable bonds is 4. The first-order valence-electron chi connectivity index (χ1n) is 11.8. The van der Waals surface area contributed by atoms with Crippen LogP contribution in [0.2, 0.25) is 0 Å². The molecule has 0 aromatic carbocycles. The van der Waals surface area contributed by atoms with E-state index in [1.165, 1.54) is 12.7 Å². The topological polar surface area (TPSA) is 72.9 Å². The summed E-state index contributed by atoms with van der Waals surface area (Å²) in [4.78, 5) is 15.7. The molecule has 6 nitrogen and oxygen atoms in total. The van der Waals surface area contributed by atoms with Gasteiger partial charge in [0.05, 0.1) is 25.9 Å². The maximum absolute atomic E-state index is 13.0. The standard InChI is InChI=1S/C24H33NO5S/c1-14-11-25-12-16-6-4-15-5-7-18-19(22(26)29-2)10-24(20(15)18)21(25)17(14)8-9-23(16,24)13-30-31(3,27)28/h8-9,14,16-19,21H,4-7,10-13H2,1-3H3/t14-,16-,17-,18-,19-,21+,23-,24+/m1/s1. The van der Waals surface area contributed by atoms with Gasteiger partial charge >= 0.3 is 5.97 Å². The summed E-state index contributed by atoms with van der Waals surface area (Å²) in [5.41, 5.74) is 2.45. The molecule has 0 N–H and O–H groups in total. The first-order chi connectivity index (χ1) is 14.7. The third-order valence-electron chi connectivity index (χ3n) is 9.90. The Morgan fingerprint density at radius 1 is 1.26 bits per heavy atom. The van der Waals surface area contributed by atoms with Crippen LogP contribution in [0.4, 0.5) is 0 Å². The molecular formula is C24H33NO5S. The monoisotopic (exact) mass is 447 g/mol. The summed E-state index contributed by atoms with van der Waals surface area (Å²) < 4.78 is 35.2. The Morgan fingerprint density at radius 3 is 2.77 bits per heavy atom. The highest BCUT2D eigenvalue weighted by atomic mass is 32.2. The van der Waals surface area contributed by atoms with Crippen molar-refractivity contribution in [3.05, 3.63) is 23.3 Å². The number of hydrogen-bond donors (Lipinski definition) is 0. The minimum Gasteiger partial charge on any atom is -0.469 e. The second-order valence-electron chi connectivity index (χ2n) is 11.0. The molecular weight excluding hydrogens is 414 g/mol. The quantitative estimate of drug-likeness (QED) is 0.375. The van der Waals surface area contributed by atoms with Gasteiger partial charge in [0.25, 0.3) is 10.1 Å². The van der Waals surface area contributed by atoms with Gasteiger partial charge in [0.1, 0.15) is 0 Å². The van der Waals surface area contributed by atoms with Crippen LogP contribution >= 0.6 is 0 Å². The van der Waals surface area contributed by atoms with Gasteiger partial charge in [-0.15, -0.1) is 0 Å². The van der Waals surface area contributed by atoms with Crippen LogP contribution in [0.15, 0.2) is 23.3 Å². The smallest absolute Gasteiger partial charge is 0.309 e. The number of allylic oxidation sites excluding steroid dienone is 1. The SMILES string of the molecule is COC(=O)[C@@H]1C[C@@]23C4=C(CC[C@@H]5CN6C[C@@H](C)[C@@H](C=C[C@@]52COS(C)(=O)=O)[C@H]63)CC[C@@H]41. The van der Waals surface area contributed by atoms with Crippen molar-refractivity contribution in [2.24, 2.45) is 40.4 Å². The minimum atomic E-state index is -3.56. The van der Waals surface area contributed by atoms with E-state index >= 15 is 0 Å². The van der Waals surface area contributed by atoms with Gasteiger partial charge in [-0.2, -0.15) is 8.42 Å². The molecule has 0 amide bonds. The highest BCUT2D eigenvalue weighted by Gasteiger charge is 2.74. The molecule has 2 aliphatic heterocycles. The summed E-state index contributed by atoms with van der Waals surface area (Å²) in [7, 11) is -2.06. The molecule has 4 aliphatic carbocycles. The van der Waals surface area contributed by atoms with Crippen LogP contribution in [0.25, 0.3) is 0 Å². The molecule has 0 aromatic heterocycles. The largest absolute Gasteiger partial charge is 0.469 e. The maximum atomic E-state index is 13.0. The van der Waals surface area contributed by atoms with Crippen molar-refractivity contribution in [3.8, 4) is 0 Å². The van der Waals surface area contributed by atoms with Crippen LogP contribution in [0.5, 0.6) is 0 Å². The second kappa shape index (κ2) is 6.45. The van der Waals surface area contributed by atoms with E-state index in [9.17, 15) is 13.2 Å². The van der Waals surface area contributed by atoms with Crippen molar-refractivity contribution < 1.29 is 22.1 Å². The third-order valence-corrected chi connectivity index (χ3v) is 10.4. The predicted octanol–water partition coefficient (Wildman–Crippen LogP) is 2.76. The van der Waals surface area contributed by atoms with Gasteiger partial charge in [-0.3, -0.25) is 13.9 Å². The van der Waals surface area contributed by atoms with Gasteiger partial charge < -0.3 is 4.74 Å². The van der Waals surface area contributed by atoms with E-state index < -0.39 is 10.1 Å². The van der Waals surface area contributed by atoms with E-state index in [1.54, 1.807) is 5.57 Å². The fraction of sp³-hybridized carbons (Fsp3) is 0.792. The first-order valence-corrected chi connectivity index (χ1v) is 13.6. The van der Waals surface area contributed by atoms with Crippen LogP contribution in [0, 0.1) is 40.4 Å². The van der Waals surface area contributed by atoms with Crippen LogP contribution in [0.3, 0.4) is 0 Å². The van der Waals surface area contributed by atoms with Gasteiger partial charge in [-0.1, -0.05) is 30.2 Å². The molecule has 2 saturated heterocycles. The fourth-order valence-corrected chi connectivity index (χ4v) is 9.44. The molecule has 8 atom stereocenters. The summed E-state index contributed by atoms with van der Waals surface area (Å²) in [6.45, 7) is 4.61. The Kier molecular flexibility index (Phi) is 4.25. The van der Waals surface area contributed by atoms with Gasteiger partial charge in [-0.05, 0) is 55.8 Å². The highest BCUT2D eigenvalue weighted by molar-refractivity contribution is 7.85. The van der Waals surface area contributed by atoms with E-state index in [0.717, 1.165) is 51.4 Å². The van der Waals surface area contributed by atoms with Gasteiger partial charge in [0.15, 0.2) is 0 Å². The summed E-state index contributed by atoms with van der Waals surface area (Å²) in [6, 6.07) is 0.324. The Labute approximate surface area is 185 Å². The van der Waals surface area contributed by atoms with Gasteiger partial charge in [0, 0.05) is 30.0 Å². The second-order valence-corrected chi connectivity index (χ2v) is 12.7. The molecule has 3 fully saturated rings. The molecule has 170 valence electrons. The zero-order valence-electron chi connectivity index (χ0n) is 18.7. The minimum absolute atomic E-state index is 0.0973. The van der Waals surface area contributed by atoms with Gasteiger partial charge in [-0.25, -0.2) is 0 Å². The highest BCUT2D eigenvalue weighted by Crippen LogP contribution is 2.75. The summed E-state index contributed by atoms with van der Waals surface area (Å²) in [6.07, 6.45) is 10.9. The van der Waals surface area contributed by atoms with Crippen LogP contribution < -0.4 is 0 Å². The predicted molar refractivity (Wildman–Crippen MR) is 115 cm³/mol. The first kappa shape index (κ1) is 20.4. The normalized spacial score (nSPS) is 47.5. The van der Waals surface area contributed by atoms with E-state index in [-0.39, 0.29) is 35.2 Å². The average Bonchev–Trinajstić information content (AvgIpc) is 3.36. The number of methoxy groups -OCH3 is 1. The number of piperidine rings is 1. The molecule has 1 spiro atoms. The number of hydrogen-bond acceptors (Lipinski definition) is 6. The molecule has 1 saturated carbocycles. The van der Waals surface area contributed by atoms with Gasteiger partial charge in [0.2, 0.25) is 0 Å². The molecule has 31 heavy (non-hydrogen) atoms. The molecule has 7 heteroatoms. The van der Waals surface area contributed by atoms with Crippen molar-refractivity contribution in [2.45, 2.75) is 45.1 Å². The average molecular weight is 448 g/mol. The molecule has 6 aliphatic rings. The fourth-order valence-electron chi connectivity index (χ4n) is 9.03. The summed E-state index contributed by atoms with van der Waals surface area (Å²) in [5.74, 6) is 1.34. The number of carbonyl (C=O) groups excluding carboxylic acids is 1. The lowest BCUT2D eigenvalue weighted by atomic mass is 9.46. The van der Waals surface area contributed by atoms with E-state index in [4.69, 9.17) is 8.92 Å². The molecule has 6 rings (SSSR count). The Morgan fingerprint density at radius 2 is 2.03 bits per heavy atom. The zero-order valence-corrected chi connectivity index (χ0v) is 19.5. The molecule has 0 aromatic rings. The Hall–Kier alpha value is -1.18. The van der Waals surface area contributed by atoms with E-state index in [1.807, 2.05) is 0 Å². The van der Waals surface area contributed by atoms with E-state index in [2.05, 4.69) is 24.0 Å². The van der Waals surface area contributed by atoms with E-state index in [0.29, 0.717) is 23.8 Å². The van der Waals surface area contributed by atoms with Crippen LogP contribution in [-0.2, 0) is 23.8 Å². The maximum Gasteiger partial charge on any atom is 0.309 e. The lowest BCUT2D eigenvalue weighted by Crippen LogP contribution is -2.67. The molecule has 0 unspecified atom stereocenters. The Bertz CT molecular complexity index is 1000. The molecule has 4 bridgehead atoms. The zero-order chi connectivity index (χ0) is 21.8. The molecule has 0 radical (unpaired) electrons. The number of nitrogens with zero attached hydrogens (tertiary/aromatic N) is 1. The number of ether oxygens (including phenoxy) is 1. The Balaban J connectivity index is 1.60. The van der Waals surface area contributed by atoms with Crippen LogP contribution in [0.1, 0.15) is 39.0 Å². The van der Waals surface area contributed by atoms with Crippen LogP contribution in [-0.4, -0.2) is 58.4 Å². The summed E-state index contributed by atoms with van der Waals surface area (Å²) >= 11 is 0.